The molecule has 2 aromatic rings. The molecule has 0 bridgehead atoms. The predicted octanol–water partition coefficient (Wildman–Crippen LogP) is 4.77. The highest BCUT2D eigenvalue weighted by atomic mass is 79.9. The Kier molecular flexibility index (Phi) is 8.63. The fraction of sp³-hybridized carbons (Fsp3) is 0.391. The maximum absolute atomic E-state index is 12.4. The van der Waals surface area contributed by atoms with Crippen LogP contribution in [0, 0.1) is 0 Å². The Morgan fingerprint density at radius 1 is 1.07 bits per heavy atom. The molecule has 1 heterocycles. The number of rotatable bonds is 8. The minimum absolute atomic E-state index is 0.0235. The highest BCUT2D eigenvalue weighted by Crippen LogP contribution is 2.21. The van der Waals surface area contributed by atoms with Crippen molar-refractivity contribution in [3.05, 3.63) is 58.6 Å². The van der Waals surface area contributed by atoms with Crippen LogP contribution >= 0.6 is 27.7 Å². The van der Waals surface area contributed by atoms with E-state index in [4.69, 9.17) is 0 Å². The van der Waals surface area contributed by atoms with Crippen LogP contribution in [0.15, 0.2) is 53.0 Å². The van der Waals surface area contributed by atoms with E-state index in [1.54, 1.807) is 4.90 Å². The van der Waals surface area contributed by atoms with Gasteiger partial charge in [-0.2, -0.15) is 0 Å². The normalized spacial score (nSPS) is 13.7. The molecule has 1 fully saturated rings. The van der Waals surface area contributed by atoms with Gasteiger partial charge in [-0.1, -0.05) is 34.1 Å². The number of nitrogens with one attached hydrogen (secondary N) is 1. The number of hydrogen-bond acceptors (Lipinski definition) is 4. The van der Waals surface area contributed by atoms with Crippen molar-refractivity contribution in [3.8, 4) is 0 Å². The summed E-state index contributed by atoms with van der Waals surface area (Å²) in [7, 11) is 1.81. The van der Waals surface area contributed by atoms with E-state index in [1.165, 1.54) is 36.7 Å². The Morgan fingerprint density at radius 2 is 1.80 bits per heavy atom. The fourth-order valence-corrected chi connectivity index (χ4v) is 4.58. The second kappa shape index (κ2) is 11.4. The van der Waals surface area contributed by atoms with E-state index < -0.39 is 0 Å². The molecule has 0 aromatic heterocycles. The number of halogens is 1. The lowest BCUT2D eigenvalue weighted by atomic mass is 10.1. The van der Waals surface area contributed by atoms with Crippen molar-refractivity contribution in [2.75, 3.05) is 41.9 Å². The smallest absolute Gasteiger partial charge is 0.234 e. The Labute approximate surface area is 191 Å². The molecule has 0 atom stereocenters. The molecule has 0 radical (unpaired) electrons. The Bertz CT molecular complexity index is 854. The van der Waals surface area contributed by atoms with Crippen LogP contribution in [0.25, 0.3) is 0 Å². The van der Waals surface area contributed by atoms with Gasteiger partial charge in [0.05, 0.1) is 11.5 Å². The third-order valence-corrected chi connectivity index (χ3v) is 6.48. The highest BCUT2D eigenvalue weighted by molar-refractivity contribution is 9.10. The Morgan fingerprint density at radius 3 is 2.50 bits per heavy atom. The number of nitrogens with zero attached hydrogens (tertiary/aromatic N) is 2. The summed E-state index contributed by atoms with van der Waals surface area (Å²) < 4.78 is 0.911. The van der Waals surface area contributed by atoms with Crippen LogP contribution in [0.5, 0.6) is 0 Å². The minimum atomic E-state index is -0.109. The van der Waals surface area contributed by atoms with Crippen molar-refractivity contribution in [2.45, 2.75) is 25.8 Å². The SMILES string of the molecule is CN(Cc1ccc(N2CCCCC2)cc1)C(=O)CSCC(=O)Nc1cccc(Br)c1. The summed E-state index contributed by atoms with van der Waals surface area (Å²) in [6.45, 7) is 2.83. The van der Waals surface area contributed by atoms with Gasteiger partial charge in [0.2, 0.25) is 11.8 Å². The quantitative estimate of drug-likeness (QED) is 0.580. The van der Waals surface area contributed by atoms with Crippen LogP contribution in [0.2, 0.25) is 0 Å². The monoisotopic (exact) mass is 489 g/mol. The molecule has 1 saturated heterocycles. The molecular formula is C23H28BrN3O2S. The Hall–Kier alpha value is -1.99. The van der Waals surface area contributed by atoms with Gasteiger partial charge in [-0.3, -0.25) is 9.59 Å². The van der Waals surface area contributed by atoms with Crippen molar-refractivity contribution >= 4 is 50.9 Å². The van der Waals surface area contributed by atoms with E-state index in [0.717, 1.165) is 28.8 Å². The number of benzene rings is 2. The molecule has 160 valence electrons. The lowest BCUT2D eigenvalue weighted by molar-refractivity contribution is -0.127. The summed E-state index contributed by atoms with van der Waals surface area (Å²) in [6, 6.07) is 16.0. The van der Waals surface area contributed by atoms with Gasteiger partial charge in [0.15, 0.2) is 0 Å². The summed E-state index contributed by atoms with van der Waals surface area (Å²) in [5, 5.41) is 2.84. The first kappa shape index (κ1) is 22.7. The van der Waals surface area contributed by atoms with E-state index in [-0.39, 0.29) is 23.3 Å². The number of anilines is 2. The van der Waals surface area contributed by atoms with Gasteiger partial charge >= 0.3 is 0 Å². The van der Waals surface area contributed by atoms with Gasteiger partial charge in [0.25, 0.3) is 0 Å². The van der Waals surface area contributed by atoms with Crippen LogP contribution in [0.1, 0.15) is 24.8 Å². The van der Waals surface area contributed by atoms with Crippen LogP contribution in [0.4, 0.5) is 11.4 Å². The minimum Gasteiger partial charge on any atom is -0.372 e. The molecule has 0 spiro atoms. The van der Waals surface area contributed by atoms with E-state index in [2.05, 4.69) is 50.4 Å². The van der Waals surface area contributed by atoms with Crippen LogP contribution in [-0.4, -0.2) is 48.4 Å². The third-order valence-electron chi connectivity index (χ3n) is 5.07. The van der Waals surface area contributed by atoms with Gasteiger partial charge in [0.1, 0.15) is 0 Å². The number of piperidine rings is 1. The van der Waals surface area contributed by atoms with E-state index in [0.29, 0.717) is 6.54 Å². The van der Waals surface area contributed by atoms with E-state index in [9.17, 15) is 9.59 Å². The van der Waals surface area contributed by atoms with Gasteiger partial charge in [-0.25, -0.2) is 0 Å². The van der Waals surface area contributed by atoms with Crippen molar-refractivity contribution in [1.29, 1.82) is 0 Å². The van der Waals surface area contributed by atoms with Crippen LogP contribution in [-0.2, 0) is 16.1 Å². The zero-order valence-electron chi connectivity index (χ0n) is 17.3. The Balaban J connectivity index is 1.39. The lowest BCUT2D eigenvalue weighted by Crippen LogP contribution is -2.29. The summed E-state index contributed by atoms with van der Waals surface area (Å²) >= 11 is 4.71. The maximum atomic E-state index is 12.4. The zero-order chi connectivity index (χ0) is 21.3. The number of carbonyl (C=O) groups excluding carboxylic acids is 2. The number of amides is 2. The van der Waals surface area contributed by atoms with Gasteiger partial charge < -0.3 is 15.1 Å². The summed E-state index contributed by atoms with van der Waals surface area (Å²) in [6.07, 6.45) is 3.85. The molecule has 3 rings (SSSR count). The maximum Gasteiger partial charge on any atom is 0.234 e. The predicted molar refractivity (Wildman–Crippen MR) is 129 cm³/mol. The highest BCUT2D eigenvalue weighted by Gasteiger charge is 2.13. The molecule has 7 heteroatoms. The number of thioether (sulfide) groups is 1. The number of hydrogen-bond donors (Lipinski definition) is 1. The summed E-state index contributed by atoms with van der Waals surface area (Å²) in [5.41, 5.74) is 3.12. The largest absolute Gasteiger partial charge is 0.372 e. The van der Waals surface area contributed by atoms with Gasteiger partial charge in [-0.15, -0.1) is 11.8 Å². The molecule has 1 N–H and O–H groups in total. The van der Waals surface area contributed by atoms with Crippen LogP contribution in [0.3, 0.4) is 0 Å². The van der Waals surface area contributed by atoms with E-state index >= 15 is 0 Å². The summed E-state index contributed by atoms with van der Waals surface area (Å²) in [4.78, 5) is 28.6. The van der Waals surface area contributed by atoms with Crippen molar-refractivity contribution in [1.82, 2.24) is 4.90 Å². The zero-order valence-corrected chi connectivity index (χ0v) is 19.7. The average molecular weight is 490 g/mol. The standard InChI is InChI=1S/C23H28BrN3O2S/c1-26(15-18-8-10-21(11-9-18)27-12-3-2-4-13-27)23(29)17-30-16-22(28)25-20-7-5-6-19(24)14-20/h5-11,14H,2-4,12-13,15-17H2,1H3,(H,25,28). The van der Waals surface area contributed by atoms with Crippen molar-refractivity contribution in [2.24, 2.45) is 0 Å². The van der Waals surface area contributed by atoms with Gasteiger partial charge in [-0.05, 0) is 55.2 Å². The molecule has 0 saturated carbocycles. The molecule has 0 aliphatic carbocycles. The third kappa shape index (κ3) is 7.06. The first-order valence-corrected chi connectivity index (χ1v) is 12.2. The molecule has 0 unspecified atom stereocenters. The molecule has 30 heavy (non-hydrogen) atoms. The second-order valence-electron chi connectivity index (χ2n) is 7.52. The van der Waals surface area contributed by atoms with Gasteiger partial charge in [0, 0.05) is 42.5 Å². The first-order valence-electron chi connectivity index (χ1n) is 10.2. The molecule has 2 aromatic carbocycles. The lowest BCUT2D eigenvalue weighted by Gasteiger charge is -2.29. The second-order valence-corrected chi connectivity index (χ2v) is 9.42. The van der Waals surface area contributed by atoms with Crippen molar-refractivity contribution in [3.63, 3.8) is 0 Å². The molecule has 5 nitrogen and oxygen atoms in total. The number of carbonyl (C=O) groups is 2. The van der Waals surface area contributed by atoms with Crippen LogP contribution < -0.4 is 10.2 Å². The summed E-state index contributed by atoms with van der Waals surface area (Å²) in [5.74, 6) is 0.447. The topological polar surface area (TPSA) is 52.7 Å². The van der Waals surface area contributed by atoms with E-state index in [1.807, 2.05) is 31.3 Å². The fourth-order valence-electron chi connectivity index (χ4n) is 3.43. The molecule has 1 aliphatic rings. The average Bonchev–Trinajstić information content (AvgIpc) is 2.75. The molecular weight excluding hydrogens is 462 g/mol. The van der Waals surface area contributed by atoms with Crippen molar-refractivity contribution < 1.29 is 9.59 Å². The molecule has 2 amide bonds. The first-order chi connectivity index (χ1) is 14.5. The molecule has 1 aliphatic heterocycles.